The molecule has 1 saturated heterocycles. The number of carbonyl (C=O) groups is 2. The molecule has 0 aromatic rings. The lowest BCUT2D eigenvalue weighted by Crippen LogP contribution is -2.47. The van der Waals surface area contributed by atoms with Crippen LogP contribution >= 0.6 is 0 Å². The van der Waals surface area contributed by atoms with Crippen molar-refractivity contribution in [3.8, 4) is 0 Å². The van der Waals surface area contributed by atoms with Gasteiger partial charge in [0.15, 0.2) is 0 Å². The summed E-state index contributed by atoms with van der Waals surface area (Å²) in [4.78, 5) is 25.7. The second-order valence-corrected chi connectivity index (χ2v) is 5.87. The maximum Gasteiger partial charge on any atom is 0.307 e. The molecule has 0 aromatic carbocycles. The third kappa shape index (κ3) is 3.60. The molecular formula is C15H24N2O3. The zero-order valence-corrected chi connectivity index (χ0v) is 12.0. The van der Waals surface area contributed by atoms with Gasteiger partial charge in [-0.25, -0.2) is 0 Å². The van der Waals surface area contributed by atoms with Crippen molar-refractivity contribution >= 4 is 11.9 Å². The second kappa shape index (κ2) is 6.88. The number of nitrogens with one attached hydrogen (secondary N) is 1. The Kier molecular flexibility index (Phi) is 5.17. The predicted molar refractivity (Wildman–Crippen MR) is 76.3 cm³/mol. The fourth-order valence-electron chi connectivity index (χ4n) is 3.13. The fraction of sp³-hybridized carbons (Fsp3) is 0.733. The maximum atomic E-state index is 12.2. The number of aliphatic carboxylic acids is 1. The summed E-state index contributed by atoms with van der Waals surface area (Å²) in [6, 6.07) is 0.384. The number of allylic oxidation sites excluding steroid dienone is 2. The SMILES string of the molecule is CN1CCCCC1CNC(=O)C1CC=CCC1C(=O)O. The largest absolute Gasteiger partial charge is 0.481 e. The Balaban J connectivity index is 1.87. The summed E-state index contributed by atoms with van der Waals surface area (Å²) in [5.74, 6) is -1.99. The van der Waals surface area contributed by atoms with E-state index >= 15 is 0 Å². The second-order valence-electron chi connectivity index (χ2n) is 5.87. The van der Waals surface area contributed by atoms with Crippen molar-refractivity contribution in [1.82, 2.24) is 10.2 Å². The van der Waals surface area contributed by atoms with E-state index < -0.39 is 17.8 Å². The van der Waals surface area contributed by atoms with Gasteiger partial charge in [0.2, 0.25) is 5.91 Å². The molecular weight excluding hydrogens is 256 g/mol. The maximum absolute atomic E-state index is 12.2. The minimum Gasteiger partial charge on any atom is -0.481 e. The first-order valence-corrected chi connectivity index (χ1v) is 7.45. The van der Waals surface area contributed by atoms with Crippen LogP contribution in [0.5, 0.6) is 0 Å². The molecule has 0 spiro atoms. The molecule has 0 radical (unpaired) electrons. The Hall–Kier alpha value is -1.36. The molecule has 0 aromatic heterocycles. The Labute approximate surface area is 120 Å². The summed E-state index contributed by atoms with van der Waals surface area (Å²) >= 11 is 0. The molecule has 5 heteroatoms. The molecule has 2 aliphatic rings. The van der Waals surface area contributed by atoms with E-state index in [-0.39, 0.29) is 5.91 Å². The van der Waals surface area contributed by atoms with Gasteiger partial charge in [0.1, 0.15) is 0 Å². The Morgan fingerprint density at radius 1 is 1.25 bits per heavy atom. The summed E-state index contributed by atoms with van der Waals surface area (Å²) in [7, 11) is 2.08. The number of carboxylic acids is 1. The van der Waals surface area contributed by atoms with Gasteiger partial charge < -0.3 is 15.3 Å². The van der Waals surface area contributed by atoms with Gasteiger partial charge in [-0.05, 0) is 39.3 Å². The third-order valence-electron chi connectivity index (χ3n) is 4.52. The number of hydrogen-bond donors (Lipinski definition) is 2. The van der Waals surface area contributed by atoms with Crippen molar-refractivity contribution in [2.45, 2.75) is 38.1 Å². The molecule has 2 N–H and O–H groups in total. The minimum atomic E-state index is -0.871. The highest BCUT2D eigenvalue weighted by Crippen LogP contribution is 2.26. The molecule has 2 rings (SSSR count). The molecule has 112 valence electrons. The first-order chi connectivity index (χ1) is 9.59. The van der Waals surface area contributed by atoms with Gasteiger partial charge in [-0.2, -0.15) is 0 Å². The lowest BCUT2D eigenvalue weighted by Gasteiger charge is -2.33. The topological polar surface area (TPSA) is 69.6 Å². The van der Waals surface area contributed by atoms with Crippen molar-refractivity contribution in [2.75, 3.05) is 20.1 Å². The molecule has 0 bridgehead atoms. The fourth-order valence-corrected chi connectivity index (χ4v) is 3.13. The first-order valence-electron chi connectivity index (χ1n) is 7.45. The summed E-state index contributed by atoms with van der Waals surface area (Å²) in [5, 5.41) is 12.2. The van der Waals surface area contributed by atoms with Crippen molar-refractivity contribution < 1.29 is 14.7 Å². The highest BCUT2D eigenvalue weighted by atomic mass is 16.4. The van der Waals surface area contributed by atoms with Crippen molar-refractivity contribution in [3.63, 3.8) is 0 Å². The number of likely N-dealkylation sites (tertiary alicyclic amines) is 1. The van der Waals surface area contributed by atoms with E-state index in [2.05, 4.69) is 17.3 Å². The van der Waals surface area contributed by atoms with E-state index in [1.807, 2.05) is 12.2 Å². The van der Waals surface area contributed by atoms with Crippen LogP contribution in [0.4, 0.5) is 0 Å². The van der Waals surface area contributed by atoms with E-state index in [0.717, 1.165) is 13.0 Å². The quantitative estimate of drug-likeness (QED) is 0.761. The van der Waals surface area contributed by atoms with Crippen LogP contribution < -0.4 is 5.32 Å². The van der Waals surface area contributed by atoms with Crippen molar-refractivity contribution in [2.24, 2.45) is 11.8 Å². The number of amides is 1. The monoisotopic (exact) mass is 280 g/mol. The summed E-state index contributed by atoms with van der Waals surface area (Å²) in [5.41, 5.74) is 0. The van der Waals surface area contributed by atoms with Crippen LogP contribution in [0.25, 0.3) is 0 Å². The van der Waals surface area contributed by atoms with Crippen LogP contribution in [0.1, 0.15) is 32.1 Å². The van der Waals surface area contributed by atoms with Crippen LogP contribution in [0, 0.1) is 11.8 Å². The molecule has 1 amide bonds. The lowest BCUT2D eigenvalue weighted by atomic mass is 9.82. The number of carbonyl (C=O) groups excluding carboxylic acids is 1. The smallest absolute Gasteiger partial charge is 0.307 e. The van der Waals surface area contributed by atoms with E-state index in [9.17, 15) is 14.7 Å². The Bertz CT molecular complexity index is 395. The number of carboxylic acid groups (broad SMARTS) is 1. The van der Waals surface area contributed by atoms with Crippen molar-refractivity contribution in [3.05, 3.63) is 12.2 Å². The standard InChI is InChI=1S/C15H24N2O3/c1-17-9-5-4-6-11(17)10-16-14(18)12-7-2-3-8-13(12)15(19)20/h2-3,11-13H,4-10H2,1H3,(H,16,18)(H,19,20). The number of rotatable bonds is 4. The molecule has 5 nitrogen and oxygen atoms in total. The number of piperidine rings is 1. The zero-order valence-electron chi connectivity index (χ0n) is 12.0. The van der Waals surface area contributed by atoms with Gasteiger partial charge in [-0.3, -0.25) is 9.59 Å². The number of likely N-dealkylation sites (N-methyl/N-ethyl adjacent to an activating group) is 1. The minimum absolute atomic E-state index is 0.110. The van der Waals surface area contributed by atoms with Crippen LogP contribution in [-0.2, 0) is 9.59 Å². The summed E-state index contributed by atoms with van der Waals surface area (Å²) in [6.45, 7) is 1.70. The molecule has 1 aliphatic heterocycles. The highest BCUT2D eigenvalue weighted by molar-refractivity contribution is 5.85. The van der Waals surface area contributed by atoms with Crippen LogP contribution in [-0.4, -0.2) is 48.1 Å². The van der Waals surface area contributed by atoms with Gasteiger partial charge >= 0.3 is 5.97 Å². The molecule has 20 heavy (non-hydrogen) atoms. The molecule has 1 aliphatic carbocycles. The summed E-state index contributed by atoms with van der Waals surface area (Å²) < 4.78 is 0. The first kappa shape index (κ1) is 15.0. The van der Waals surface area contributed by atoms with E-state index in [1.54, 1.807) is 0 Å². The average molecular weight is 280 g/mol. The van der Waals surface area contributed by atoms with Gasteiger partial charge in [0.05, 0.1) is 11.8 Å². The van der Waals surface area contributed by atoms with Gasteiger partial charge in [-0.15, -0.1) is 0 Å². The van der Waals surface area contributed by atoms with E-state index in [1.165, 1.54) is 12.8 Å². The van der Waals surface area contributed by atoms with Gasteiger partial charge in [0.25, 0.3) is 0 Å². The molecule has 3 unspecified atom stereocenters. The van der Waals surface area contributed by atoms with E-state index in [0.29, 0.717) is 25.4 Å². The zero-order chi connectivity index (χ0) is 14.5. The molecule has 1 heterocycles. The van der Waals surface area contributed by atoms with Gasteiger partial charge in [-0.1, -0.05) is 18.6 Å². The summed E-state index contributed by atoms with van der Waals surface area (Å²) in [6.07, 6.45) is 8.28. The lowest BCUT2D eigenvalue weighted by molar-refractivity contribution is -0.147. The van der Waals surface area contributed by atoms with E-state index in [4.69, 9.17) is 0 Å². The molecule has 0 saturated carbocycles. The predicted octanol–water partition coefficient (Wildman–Crippen LogP) is 1.25. The van der Waals surface area contributed by atoms with Crippen molar-refractivity contribution in [1.29, 1.82) is 0 Å². The molecule has 1 fully saturated rings. The third-order valence-corrected chi connectivity index (χ3v) is 4.52. The van der Waals surface area contributed by atoms with Crippen LogP contribution in [0.3, 0.4) is 0 Å². The van der Waals surface area contributed by atoms with Gasteiger partial charge in [0, 0.05) is 12.6 Å². The Morgan fingerprint density at radius 3 is 2.60 bits per heavy atom. The highest BCUT2D eigenvalue weighted by Gasteiger charge is 2.34. The molecule has 3 atom stereocenters. The average Bonchev–Trinajstić information content (AvgIpc) is 2.46. The normalized spacial score (nSPS) is 30.9. The number of hydrogen-bond acceptors (Lipinski definition) is 3. The van der Waals surface area contributed by atoms with Crippen LogP contribution in [0.15, 0.2) is 12.2 Å². The number of nitrogens with zero attached hydrogens (tertiary/aromatic N) is 1. The Morgan fingerprint density at radius 2 is 1.95 bits per heavy atom. The van der Waals surface area contributed by atoms with Crippen LogP contribution in [0.2, 0.25) is 0 Å².